The van der Waals surface area contributed by atoms with Gasteiger partial charge in [-0.25, -0.2) is 0 Å². The van der Waals surface area contributed by atoms with E-state index in [0.717, 1.165) is 11.3 Å². The van der Waals surface area contributed by atoms with Crippen LogP contribution in [0.2, 0.25) is 0 Å². The lowest BCUT2D eigenvalue weighted by Gasteiger charge is -2.07. The van der Waals surface area contributed by atoms with Crippen molar-refractivity contribution in [3.63, 3.8) is 0 Å². The number of aromatic nitrogens is 1. The van der Waals surface area contributed by atoms with Crippen LogP contribution >= 0.6 is 0 Å². The Morgan fingerprint density at radius 3 is 2.67 bits per heavy atom. The molecule has 0 atom stereocenters. The zero-order chi connectivity index (χ0) is 13.0. The highest BCUT2D eigenvalue weighted by Gasteiger charge is 2.01. The maximum absolute atomic E-state index is 7.33. The number of ether oxygens (including phenoxy) is 1. The molecule has 18 heavy (non-hydrogen) atoms. The molecule has 2 rings (SSSR count). The third-order valence-electron chi connectivity index (χ3n) is 2.53. The first-order valence-electron chi connectivity index (χ1n) is 5.64. The number of aryl methyl sites for hydroxylation is 1. The van der Waals surface area contributed by atoms with E-state index < -0.39 is 0 Å². The number of hydrogen-bond acceptors (Lipinski definition) is 3. The highest BCUT2D eigenvalue weighted by atomic mass is 16.5. The van der Waals surface area contributed by atoms with Gasteiger partial charge in [0.2, 0.25) is 0 Å². The molecule has 4 nitrogen and oxygen atoms in total. The Labute approximate surface area is 106 Å². The predicted molar refractivity (Wildman–Crippen MR) is 70.8 cm³/mol. The standard InChI is InChI=1S/C14H15N3O/c1-10-2-4-12(5-3-10)18-9-11-6-7-17-13(8-11)14(15)16/h2-8H,9H2,1H3,(H3,15,16). The second kappa shape index (κ2) is 5.31. The van der Waals surface area contributed by atoms with Crippen molar-refractivity contribution >= 4 is 5.84 Å². The molecule has 0 fully saturated rings. The van der Waals surface area contributed by atoms with Gasteiger partial charge < -0.3 is 10.5 Å². The number of nitrogens with one attached hydrogen (secondary N) is 1. The largest absolute Gasteiger partial charge is 0.489 e. The van der Waals surface area contributed by atoms with Gasteiger partial charge in [0, 0.05) is 6.20 Å². The summed E-state index contributed by atoms with van der Waals surface area (Å²) in [7, 11) is 0. The molecule has 0 aliphatic carbocycles. The molecular weight excluding hydrogens is 226 g/mol. The van der Waals surface area contributed by atoms with Gasteiger partial charge in [-0.15, -0.1) is 0 Å². The quantitative estimate of drug-likeness (QED) is 0.637. The Morgan fingerprint density at radius 2 is 2.00 bits per heavy atom. The summed E-state index contributed by atoms with van der Waals surface area (Å²) in [5.41, 5.74) is 8.00. The van der Waals surface area contributed by atoms with Crippen LogP contribution in [0.3, 0.4) is 0 Å². The van der Waals surface area contributed by atoms with Crippen LogP contribution in [0.5, 0.6) is 5.75 Å². The molecule has 4 heteroatoms. The minimum atomic E-state index is -0.0350. The molecule has 0 saturated carbocycles. The van der Waals surface area contributed by atoms with Crippen molar-refractivity contribution in [2.45, 2.75) is 13.5 Å². The van der Waals surface area contributed by atoms with Crippen molar-refractivity contribution in [2.24, 2.45) is 5.73 Å². The molecule has 0 saturated heterocycles. The number of nitrogens with zero attached hydrogens (tertiary/aromatic N) is 1. The van der Waals surface area contributed by atoms with Gasteiger partial charge in [-0.1, -0.05) is 17.7 Å². The molecular formula is C14H15N3O. The van der Waals surface area contributed by atoms with E-state index in [2.05, 4.69) is 4.98 Å². The van der Waals surface area contributed by atoms with Gasteiger partial charge in [0.25, 0.3) is 0 Å². The van der Waals surface area contributed by atoms with E-state index in [-0.39, 0.29) is 5.84 Å². The fraction of sp³-hybridized carbons (Fsp3) is 0.143. The second-order valence-corrected chi connectivity index (χ2v) is 4.06. The highest BCUT2D eigenvalue weighted by molar-refractivity contribution is 5.93. The summed E-state index contributed by atoms with van der Waals surface area (Å²) in [6.07, 6.45) is 1.63. The molecule has 0 aliphatic heterocycles. The van der Waals surface area contributed by atoms with Crippen molar-refractivity contribution < 1.29 is 4.74 Å². The summed E-state index contributed by atoms with van der Waals surface area (Å²) in [5.74, 6) is 0.786. The Balaban J connectivity index is 2.04. The number of pyridine rings is 1. The van der Waals surface area contributed by atoms with E-state index in [1.807, 2.05) is 37.3 Å². The Morgan fingerprint density at radius 1 is 1.28 bits per heavy atom. The van der Waals surface area contributed by atoms with E-state index in [1.54, 1.807) is 12.3 Å². The molecule has 1 heterocycles. The molecule has 0 aliphatic rings. The molecule has 3 N–H and O–H groups in total. The molecule has 2 aromatic rings. The van der Waals surface area contributed by atoms with Gasteiger partial charge in [0.05, 0.1) is 0 Å². The van der Waals surface area contributed by atoms with E-state index in [4.69, 9.17) is 15.9 Å². The fourth-order valence-corrected chi connectivity index (χ4v) is 1.51. The van der Waals surface area contributed by atoms with Crippen molar-refractivity contribution in [3.05, 3.63) is 59.4 Å². The summed E-state index contributed by atoms with van der Waals surface area (Å²) in [6.45, 7) is 2.47. The zero-order valence-corrected chi connectivity index (χ0v) is 10.2. The topological polar surface area (TPSA) is 72.0 Å². The maximum Gasteiger partial charge on any atom is 0.141 e. The summed E-state index contributed by atoms with van der Waals surface area (Å²) >= 11 is 0. The van der Waals surface area contributed by atoms with Crippen LogP contribution in [0.25, 0.3) is 0 Å². The van der Waals surface area contributed by atoms with E-state index in [0.29, 0.717) is 12.3 Å². The minimum Gasteiger partial charge on any atom is -0.489 e. The molecule has 0 unspecified atom stereocenters. The number of nitrogen functional groups attached to an aromatic ring is 1. The molecule has 1 aromatic carbocycles. The van der Waals surface area contributed by atoms with Crippen LogP contribution in [-0.2, 0) is 6.61 Å². The predicted octanol–water partition coefficient (Wildman–Crippen LogP) is 2.25. The smallest absolute Gasteiger partial charge is 0.141 e. The Hall–Kier alpha value is -2.36. The molecule has 0 bridgehead atoms. The van der Waals surface area contributed by atoms with Crippen LogP contribution in [0.15, 0.2) is 42.6 Å². The second-order valence-electron chi connectivity index (χ2n) is 4.06. The maximum atomic E-state index is 7.33. The number of nitrogens with two attached hydrogens (primary N) is 1. The number of hydrogen-bond donors (Lipinski definition) is 2. The van der Waals surface area contributed by atoms with Crippen molar-refractivity contribution in [2.75, 3.05) is 0 Å². The third kappa shape index (κ3) is 3.07. The van der Waals surface area contributed by atoms with Gasteiger partial charge in [-0.3, -0.25) is 10.4 Å². The Bertz CT molecular complexity index is 549. The van der Waals surface area contributed by atoms with Crippen LogP contribution < -0.4 is 10.5 Å². The van der Waals surface area contributed by atoms with Crippen LogP contribution in [-0.4, -0.2) is 10.8 Å². The molecule has 1 aromatic heterocycles. The molecule has 0 radical (unpaired) electrons. The van der Waals surface area contributed by atoms with E-state index in [1.165, 1.54) is 5.56 Å². The molecule has 92 valence electrons. The van der Waals surface area contributed by atoms with Crippen molar-refractivity contribution in [3.8, 4) is 5.75 Å². The first kappa shape index (κ1) is 12.1. The van der Waals surface area contributed by atoms with E-state index in [9.17, 15) is 0 Å². The first-order chi connectivity index (χ1) is 8.65. The van der Waals surface area contributed by atoms with Gasteiger partial charge in [-0.05, 0) is 36.8 Å². The molecule has 0 spiro atoms. The van der Waals surface area contributed by atoms with Crippen molar-refractivity contribution in [1.82, 2.24) is 4.98 Å². The minimum absolute atomic E-state index is 0.0350. The summed E-state index contributed by atoms with van der Waals surface area (Å²) in [6, 6.07) is 11.5. The average molecular weight is 241 g/mol. The van der Waals surface area contributed by atoms with Gasteiger partial charge >= 0.3 is 0 Å². The van der Waals surface area contributed by atoms with Crippen LogP contribution in [0.1, 0.15) is 16.8 Å². The van der Waals surface area contributed by atoms with Gasteiger partial charge in [0.1, 0.15) is 23.9 Å². The van der Waals surface area contributed by atoms with Crippen molar-refractivity contribution in [1.29, 1.82) is 5.41 Å². The average Bonchev–Trinajstić information content (AvgIpc) is 2.38. The summed E-state index contributed by atoms with van der Waals surface area (Å²) in [4.78, 5) is 4.00. The van der Waals surface area contributed by atoms with Crippen LogP contribution in [0.4, 0.5) is 0 Å². The van der Waals surface area contributed by atoms with E-state index >= 15 is 0 Å². The highest BCUT2D eigenvalue weighted by Crippen LogP contribution is 2.13. The lowest BCUT2D eigenvalue weighted by atomic mass is 10.2. The lowest BCUT2D eigenvalue weighted by Crippen LogP contribution is -2.13. The zero-order valence-electron chi connectivity index (χ0n) is 10.2. The summed E-state index contributed by atoms with van der Waals surface area (Å²) < 4.78 is 5.64. The lowest BCUT2D eigenvalue weighted by molar-refractivity contribution is 0.306. The van der Waals surface area contributed by atoms with Gasteiger partial charge in [-0.2, -0.15) is 0 Å². The summed E-state index contributed by atoms with van der Waals surface area (Å²) in [5, 5.41) is 7.33. The van der Waals surface area contributed by atoms with Gasteiger partial charge in [0.15, 0.2) is 0 Å². The monoisotopic (exact) mass is 241 g/mol. The van der Waals surface area contributed by atoms with Crippen LogP contribution in [0, 0.1) is 12.3 Å². The fourth-order valence-electron chi connectivity index (χ4n) is 1.51. The number of amidine groups is 1. The molecule has 0 amide bonds. The normalized spacial score (nSPS) is 10.1. The third-order valence-corrected chi connectivity index (χ3v) is 2.53. The number of rotatable bonds is 4. The Kier molecular flexibility index (Phi) is 3.57. The SMILES string of the molecule is Cc1ccc(OCc2ccnc(C(=N)N)c2)cc1. The number of benzene rings is 1. The first-order valence-corrected chi connectivity index (χ1v) is 5.64.